The smallest absolute Gasteiger partial charge is 0.305 e. The predicted octanol–water partition coefficient (Wildman–Crippen LogP) is 1.83. The van der Waals surface area contributed by atoms with E-state index in [1.54, 1.807) is 25.5 Å². The number of nitrogens with zero attached hydrogens (tertiary/aromatic N) is 2. The molecular weight excluding hydrogens is 264 g/mol. The van der Waals surface area contributed by atoms with E-state index >= 15 is 0 Å². The van der Waals surface area contributed by atoms with Crippen molar-refractivity contribution in [2.24, 2.45) is 7.05 Å². The van der Waals surface area contributed by atoms with Crippen LogP contribution in [0.3, 0.4) is 0 Å². The monoisotopic (exact) mass is 284 g/mol. The molecule has 0 N–H and O–H groups in total. The lowest BCUT2D eigenvalue weighted by atomic mass is 10.3. The molecule has 0 spiro atoms. The van der Waals surface area contributed by atoms with E-state index in [-0.39, 0.29) is 11.5 Å². The highest BCUT2D eigenvalue weighted by Crippen LogP contribution is 2.16. The molecule has 6 heteroatoms. The third kappa shape index (κ3) is 4.38. The lowest BCUT2D eigenvalue weighted by Crippen LogP contribution is -2.23. The van der Waals surface area contributed by atoms with Gasteiger partial charge in [0.25, 0.3) is 5.56 Å². The van der Waals surface area contributed by atoms with Crippen LogP contribution in [0.25, 0.3) is 0 Å². The second-order valence-corrected chi connectivity index (χ2v) is 5.29. The van der Waals surface area contributed by atoms with Crippen LogP contribution in [0.15, 0.2) is 9.95 Å². The average Bonchev–Trinajstić information content (AvgIpc) is 2.38. The van der Waals surface area contributed by atoms with Crippen molar-refractivity contribution in [3.05, 3.63) is 21.6 Å². The first-order valence-electron chi connectivity index (χ1n) is 6.30. The van der Waals surface area contributed by atoms with E-state index in [9.17, 15) is 9.59 Å². The zero-order valence-corrected chi connectivity index (χ0v) is 12.7. The summed E-state index contributed by atoms with van der Waals surface area (Å²) in [5.41, 5.74) is 1.43. The summed E-state index contributed by atoms with van der Waals surface area (Å²) in [7, 11) is 1.72. The third-order valence-electron chi connectivity index (χ3n) is 2.78. The Morgan fingerprint density at radius 2 is 2.11 bits per heavy atom. The molecule has 106 valence electrons. The Balaban J connectivity index is 2.55. The fraction of sp³-hybridized carbons (Fsp3) is 0.615. The standard InChI is InChI=1S/C13H20N2O3S/c1-5-18-11(16)7-6-8-19-13-14-10(3)9(2)12(17)15(13)4/h5-8H2,1-4H3. The van der Waals surface area contributed by atoms with Crippen LogP contribution in [0.1, 0.15) is 31.0 Å². The summed E-state index contributed by atoms with van der Waals surface area (Å²) in [6.45, 7) is 5.82. The maximum Gasteiger partial charge on any atom is 0.305 e. The van der Waals surface area contributed by atoms with Gasteiger partial charge in [0.05, 0.1) is 6.61 Å². The van der Waals surface area contributed by atoms with Crippen LogP contribution in [0.4, 0.5) is 0 Å². The van der Waals surface area contributed by atoms with Crippen LogP contribution < -0.4 is 5.56 Å². The van der Waals surface area contributed by atoms with Crippen molar-refractivity contribution in [2.75, 3.05) is 12.4 Å². The van der Waals surface area contributed by atoms with Gasteiger partial charge in [-0.15, -0.1) is 0 Å². The highest BCUT2D eigenvalue weighted by molar-refractivity contribution is 7.99. The summed E-state index contributed by atoms with van der Waals surface area (Å²) in [5.74, 6) is 0.562. The Morgan fingerprint density at radius 1 is 1.42 bits per heavy atom. The number of carbonyl (C=O) groups is 1. The Kier molecular flexibility index (Phi) is 6.08. The fourth-order valence-electron chi connectivity index (χ4n) is 1.54. The molecule has 0 saturated carbocycles. The number of esters is 1. The fourth-order valence-corrected chi connectivity index (χ4v) is 2.49. The largest absolute Gasteiger partial charge is 0.466 e. The van der Waals surface area contributed by atoms with Gasteiger partial charge in [0.15, 0.2) is 5.16 Å². The van der Waals surface area contributed by atoms with Crippen molar-refractivity contribution < 1.29 is 9.53 Å². The highest BCUT2D eigenvalue weighted by Gasteiger charge is 2.09. The SMILES string of the molecule is CCOC(=O)CCCSc1nc(C)c(C)c(=O)n1C. The van der Waals surface area contributed by atoms with Gasteiger partial charge in [0, 0.05) is 30.5 Å². The van der Waals surface area contributed by atoms with Gasteiger partial charge < -0.3 is 4.74 Å². The quantitative estimate of drug-likeness (QED) is 0.345. The van der Waals surface area contributed by atoms with Gasteiger partial charge in [-0.05, 0) is 27.2 Å². The number of aryl methyl sites for hydroxylation is 1. The van der Waals surface area contributed by atoms with Gasteiger partial charge >= 0.3 is 5.97 Å². The van der Waals surface area contributed by atoms with E-state index in [1.807, 2.05) is 6.92 Å². The Morgan fingerprint density at radius 3 is 2.74 bits per heavy atom. The van der Waals surface area contributed by atoms with Crippen molar-refractivity contribution in [3.8, 4) is 0 Å². The number of aromatic nitrogens is 2. The molecule has 0 aliphatic heterocycles. The van der Waals surface area contributed by atoms with Gasteiger partial charge in [0.2, 0.25) is 0 Å². The highest BCUT2D eigenvalue weighted by atomic mass is 32.2. The first-order chi connectivity index (χ1) is 8.97. The number of hydrogen-bond acceptors (Lipinski definition) is 5. The van der Waals surface area contributed by atoms with Crippen LogP contribution in [0.5, 0.6) is 0 Å². The van der Waals surface area contributed by atoms with Crippen molar-refractivity contribution in [2.45, 2.75) is 38.8 Å². The van der Waals surface area contributed by atoms with E-state index in [0.717, 1.165) is 11.4 Å². The Labute approximate surface area is 117 Å². The summed E-state index contributed by atoms with van der Waals surface area (Å²) in [6.07, 6.45) is 1.12. The number of hydrogen-bond donors (Lipinski definition) is 0. The molecule has 0 bridgehead atoms. The minimum atomic E-state index is -0.176. The molecule has 0 radical (unpaired) electrons. The van der Waals surface area contributed by atoms with Crippen LogP contribution in [0, 0.1) is 13.8 Å². The minimum Gasteiger partial charge on any atom is -0.466 e. The molecule has 0 atom stereocenters. The maximum absolute atomic E-state index is 11.9. The van der Waals surface area contributed by atoms with Crippen molar-refractivity contribution in [1.82, 2.24) is 9.55 Å². The van der Waals surface area contributed by atoms with Gasteiger partial charge in [-0.1, -0.05) is 11.8 Å². The predicted molar refractivity (Wildman–Crippen MR) is 75.5 cm³/mol. The molecule has 1 aromatic heterocycles. The summed E-state index contributed by atoms with van der Waals surface area (Å²) < 4.78 is 6.41. The molecular formula is C13H20N2O3S. The summed E-state index contributed by atoms with van der Waals surface area (Å²) in [4.78, 5) is 27.4. The third-order valence-corrected chi connectivity index (χ3v) is 3.90. The Bertz CT molecular complexity index is 511. The van der Waals surface area contributed by atoms with Crippen LogP contribution in [0.2, 0.25) is 0 Å². The van der Waals surface area contributed by atoms with Gasteiger partial charge in [-0.25, -0.2) is 4.98 Å². The molecule has 1 rings (SSSR count). The van der Waals surface area contributed by atoms with Crippen LogP contribution in [-0.2, 0) is 16.6 Å². The average molecular weight is 284 g/mol. The molecule has 1 aromatic rings. The van der Waals surface area contributed by atoms with Gasteiger partial charge in [0.1, 0.15) is 0 Å². The summed E-state index contributed by atoms with van der Waals surface area (Å²) in [6, 6.07) is 0. The van der Waals surface area contributed by atoms with Crippen LogP contribution in [-0.4, -0.2) is 27.9 Å². The van der Waals surface area contributed by atoms with E-state index in [1.165, 1.54) is 11.8 Å². The lowest BCUT2D eigenvalue weighted by molar-refractivity contribution is -0.143. The normalized spacial score (nSPS) is 10.5. The zero-order chi connectivity index (χ0) is 14.4. The second kappa shape index (κ2) is 7.33. The molecule has 0 aliphatic carbocycles. The van der Waals surface area contributed by atoms with E-state index < -0.39 is 0 Å². The number of ether oxygens (including phenoxy) is 1. The van der Waals surface area contributed by atoms with Crippen molar-refractivity contribution in [1.29, 1.82) is 0 Å². The van der Waals surface area contributed by atoms with E-state index in [2.05, 4.69) is 4.98 Å². The second-order valence-electron chi connectivity index (χ2n) is 4.23. The Hall–Kier alpha value is -1.30. The topological polar surface area (TPSA) is 61.2 Å². The molecule has 0 aromatic carbocycles. The molecule has 1 heterocycles. The van der Waals surface area contributed by atoms with Crippen molar-refractivity contribution >= 4 is 17.7 Å². The molecule has 0 aliphatic rings. The number of rotatable bonds is 6. The number of thioether (sulfide) groups is 1. The molecule has 0 fully saturated rings. The summed E-state index contributed by atoms with van der Waals surface area (Å²) >= 11 is 1.49. The van der Waals surface area contributed by atoms with Crippen molar-refractivity contribution in [3.63, 3.8) is 0 Å². The van der Waals surface area contributed by atoms with Crippen LogP contribution >= 0.6 is 11.8 Å². The zero-order valence-electron chi connectivity index (χ0n) is 11.9. The maximum atomic E-state index is 11.9. The molecule has 5 nitrogen and oxygen atoms in total. The molecule has 0 saturated heterocycles. The summed E-state index contributed by atoms with van der Waals surface area (Å²) in [5, 5.41) is 0.692. The molecule has 0 unspecified atom stereocenters. The molecule has 0 amide bonds. The lowest BCUT2D eigenvalue weighted by Gasteiger charge is -2.09. The molecule has 19 heavy (non-hydrogen) atoms. The first-order valence-corrected chi connectivity index (χ1v) is 7.28. The van der Waals surface area contributed by atoms with E-state index in [0.29, 0.717) is 30.2 Å². The minimum absolute atomic E-state index is 0.0135. The van der Waals surface area contributed by atoms with Gasteiger partial charge in [-0.2, -0.15) is 0 Å². The van der Waals surface area contributed by atoms with Gasteiger partial charge in [-0.3, -0.25) is 14.2 Å². The first kappa shape index (κ1) is 15.8. The van der Waals surface area contributed by atoms with E-state index in [4.69, 9.17) is 4.74 Å². The number of carbonyl (C=O) groups excluding carboxylic acids is 1.